The Balaban J connectivity index is 1.89. The number of nitrogens with two attached hydrogens (primary N) is 1. The molecule has 1 saturated heterocycles. The van der Waals surface area contributed by atoms with E-state index in [0.29, 0.717) is 12.5 Å². The van der Waals surface area contributed by atoms with Gasteiger partial charge < -0.3 is 5.73 Å². The van der Waals surface area contributed by atoms with Crippen molar-refractivity contribution in [2.24, 2.45) is 11.7 Å². The number of ketones is 1. The first kappa shape index (κ1) is 12.2. The molecule has 0 radical (unpaired) electrons. The van der Waals surface area contributed by atoms with Crippen LogP contribution in [0.3, 0.4) is 0 Å². The van der Waals surface area contributed by atoms with Crippen molar-refractivity contribution in [3.05, 3.63) is 20.8 Å². The molecule has 0 saturated carbocycles. The average molecular weight is 303 g/mol. The molecule has 1 unspecified atom stereocenters. The van der Waals surface area contributed by atoms with Gasteiger partial charge in [-0.3, -0.25) is 9.69 Å². The van der Waals surface area contributed by atoms with Crippen molar-refractivity contribution in [2.75, 3.05) is 26.2 Å². The number of nitrogens with zero attached hydrogens (tertiary/aromatic N) is 1. The van der Waals surface area contributed by atoms with Gasteiger partial charge in [-0.05, 0) is 53.5 Å². The Morgan fingerprint density at radius 3 is 3.00 bits per heavy atom. The van der Waals surface area contributed by atoms with Crippen molar-refractivity contribution in [3.63, 3.8) is 0 Å². The second-order valence-corrected chi connectivity index (χ2v) is 6.62. The molecule has 88 valence electrons. The van der Waals surface area contributed by atoms with Crippen molar-refractivity contribution < 1.29 is 4.79 Å². The van der Waals surface area contributed by atoms with E-state index in [-0.39, 0.29) is 5.78 Å². The van der Waals surface area contributed by atoms with Crippen LogP contribution in [0.5, 0.6) is 0 Å². The molecule has 2 rings (SSSR count). The van der Waals surface area contributed by atoms with Crippen molar-refractivity contribution in [1.82, 2.24) is 4.90 Å². The van der Waals surface area contributed by atoms with Crippen LogP contribution in [-0.2, 0) is 0 Å². The van der Waals surface area contributed by atoms with Crippen LogP contribution in [0, 0.1) is 5.92 Å². The first-order chi connectivity index (χ1) is 7.69. The fourth-order valence-corrected chi connectivity index (χ4v) is 3.31. The third-order valence-electron chi connectivity index (χ3n) is 2.92. The fraction of sp³-hybridized carbons (Fsp3) is 0.545. The smallest absolute Gasteiger partial charge is 0.186 e. The van der Waals surface area contributed by atoms with E-state index in [4.69, 9.17) is 5.73 Å². The second-order valence-electron chi connectivity index (χ2n) is 4.15. The highest BCUT2D eigenvalue weighted by atomic mass is 79.9. The summed E-state index contributed by atoms with van der Waals surface area (Å²) in [6, 6.07) is 3.80. The molecule has 0 aliphatic carbocycles. The number of hydrogen-bond donors (Lipinski definition) is 1. The van der Waals surface area contributed by atoms with Gasteiger partial charge in [0.15, 0.2) is 5.78 Å². The third kappa shape index (κ3) is 2.91. The van der Waals surface area contributed by atoms with Crippen LogP contribution in [0.25, 0.3) is 0 Å². The molecule has 1 aromatic rings. The lowest BCUT2D eigenvalue weighted by molar-refractivity contribution is 0.0947. The molecule has 1 fully saturated rings. The maximum atomic E-state index is 11.9. The highest BCUT2D eigenvalue weighted by Crippen LogP contribution is 2.23. The van der Waals surface area contributed by atoms with Gasteiger partial charge in [-0.1, -0.05) is 0 Å². The van der Waals surface area contributed by atoms with E-state index < -0.39 is 0 Å². The fourth-order valence-electron chi connectivity index (χ4n) is 1.99. The molecule has 3 nitrogen and oxygen atoms in total. The average Bonchev–Trinajstić information content (AvgIpc) is 2.87. The largest absolute Gasteiger partial charge is 0.330 e. The minimum atomic E-state index is 0.216. The van der Waals surface area contributed by atoms with E-state index in [1.165, 1.54) is 11.3 Å². The van der Waals surface area contributed by atoms with E-state index in [9.17, 15) is 4.79 Å². The Hall–Kier alpha value is -0.230. The van der Waals surface area contributed by atoms with Gasteiger partial charge in [-0.2, -0.15) is 0 Å². The Kier molecular flexibility index (Phi) is 4.13. The summed E-state index contributed by atoms with van der Waals surface area (Å²) in [4.78, 5) is 15.0. The minimum Gasteiger partial charge on any atom is -0.330 e. The molecule has 1 aliphatic rings. The van der Waals surface area contributed by atoms with Gasteiger partial charge in [0.2, 0.25) is 0 Å². The van der Waals surface area contributed by atoms with E-state index in [2.05, 4.69) is 20.8 Å². The summed E-state index contributed by atoms with van der Waals surface area (Å²) in [5, 5.41) is 0. The highest BCUT2D eigenvalue weighted by Gasteiger charge is 2.23. The van der Waals surface area contributed by atoms with Crippen molar-refractivity contribution >= 4 is 33.0 Å². The number of halogens is 1. The lowest BCUT2D eigenvalue weighted by Gasteiger charge is -2.13. The molecule has 1 atom stereocenters. The Morgan fingerprint density at radius 2 is 2.44 bits per heavy atom. The lowest BCUT2D eigenvalue weighted by atomic mass is 10.1. The van der Waals surface area contributed by atoms with E-state index in [1.807, 2.05) is 12.1 Å². The van der Waals surface area contributed by atoms with E-state index in [1.54, 1.807) is 0 Å². The maximum absolute atomic E-state index is 11.9. The molecule has 16 heavy (non-hydrogen) atoms. The number of rotatable bonds is 4. The first-order valence-corrected chi connectivity index (χ1v) is 7.01. The Labute approximate surface area is 108 Å². The minimum absolute atomic E-state index is 0.216. The maximum Gasteiger partial charge on any atom is 0.186 e. The van der Waals surface area contributed by atoms with Crippen LogP contribution in [0.2, 0.25) is 0 Å². The molecule has 2 N–H and O–H groups in total. The van der Waals surface area contributed by atoms with Crippen LogP contribution < -0.4 is 5.73 Å². The predicted octanol–water partition coefficient (Wildman–Crippen LogP) is 1.97. The molecule has 1 aromatic heterocycles. The van der Waals surface area contributed by atoms with Gasteiger partial charge >= 0.3 is 0 Å². The van der Waals surface area contributed by atoms with Gasteiger partial charge in [0.05, 0.1) is 15.2 Å². The normalized spacial score (nSPS) is 21.5. The summed E-state index contributed by atoms with van der Waals surface area (Å²) >= 11 is 4.87. The summed E-state index contributed by atoms with van der Waals surface area (Å²) < 4.78 is 1.01. The molecular weight excluding hydrogens is 288 g/mol. The predicted molar refractivity (Wildman–Crippen MR) is 70.0 cm³/mol. The lowest BCUT2D eigenvalue weighted by Crippen LogP contribution is -2.28. The van der Waals surface area contributed by atoms with Gasteiger partial charge in [0.1, 0.15) is 0 Å². The number of carbonyl (C=O) groups is 1. The number of likely N-dealkylation sites (tertiary alicyclic amines) is 1. The SMILES string of the molecule is NCC1CCN(CC(=O)c2ccc(Br)s2)C1. The molecule has 0 amide bonds. The summed E-state index contributed by atoms with van der Waals surface area (Å²) in [6.07, 6.45) is 1.12. The van der Waals surface area contributed by atoms with Crippen molar-refractivity contribution in [2.45, 2.75) is 6.42 Å². The van der Waals surface area contributed by atoms with Gasteiger partial charge in [-0.15, -0.1) is 11.3 Å². The molecule has 0 aromatic carbocycles. The van der Waals surface area contributed by atoms with Crippen molar-refractivity contribution in [1.29, 1.82) is 0 Å². The van der Waals surface area contributed by atoms with Crippen molar-refractivity contribution in [3.8, 4) is 0 Å². The number of hydrogen-bond acceptors (Lipinski definition) is 4. The highest BCUT2D eigenvalue weighted by molar-refractivity contribution is 9.11. The van der Waals surface area contributed by atoms with E-state index in [0.717, 1.165) is 34.7 Å². The van der Waals surface area contributed by atoms with Gasteiger partial charge in [-0.25, -0.2) is 0 Å². The summed E-state index contributed by atoms with van der Waals surface area (Å²) in [7, 11) is 0. The zero-order valence-corrected chi connectivity index (χ0v) is 11.4. The Bertz CT molecular complexity index is 380. The second kappa shape index (κ2) is 5.40. The van der Waals surface area contributed by atoms with Gasteiger partial charge in [0.25, 0.3) is 0 Å². The number of carbonyl (C=O) groups excluding carboxylic acids is 1. The van der Waals surface area contributed by atoms with Gasteiger partial charge in [0, 0.05) is 6.54 Å². The third-order valence-corrected chi connectivity index (χ3v) is 4.58. The summed E-state index contributed by atoms with van der Waals surface area (Å²) in [5.41, 5.74) is 5.63. The molecule has 2 heterocycles. The quantitative estimate of drug-likeness (QED) is 0.865. The zero-order chi connectivity index (χ0) is 11.5. The Morgan fingerprint density at radius 1 is 1.62 bits per heavy atom. The van der Waals surface area contributed by atoms with Crippen LogP contribution in [0.1, 0.15) is 16.1 Å². The zero-order valence-electron chi connectivity index (χ0n) is 8.99. The van der Waals surface area contributed by atoms with Crippen LogP contribution >= 0.6 is 27.3 Å². The summed E-state index contributed by atoms with van der Waals surface area (Å²) in [6.45, 7) is 3.23. The molecule has 1 aliphatic heterocycles. The monoisotopic (exact) mass is 302 g/mol. The number of thiophene rings is 1. The van der Waals surface area contributed by atoms with Crippen LogP contribution in [0.4, 0.5) is 0 Å². The van der Waals surface area contributed by atoms with E-state index >= 15 is 0 Å². The summed E-state index contributed by atoms with van der Waals surface area (Å²) in [5.74, 6) is 0.788. The van der Waals surface area contributed by atoms with Crippen LogP contribution in [0.15, 0.2) is 15.9 Å². The number of Topliss-reactive ketones (excluding diaryl/α,β-unsaturated/α-hetero) is 1. The molecule has 5 heteroatoms. The molecule has 0 spiro atoms. The first-order valence-electron chi connectivity index (χ1n) is 5.40. The van der Waals surface area contributed by atoms with Crippen LogP contribution in [-0.4, -0.2) is 36.9 Å². The standard InChI is InChI=1S/C11H15BrN2OS/c12-11-2-1-10(16-11)9(15)7-14-4-3-8(5-13)6-14/h1-2,8H,3-7,13H2. The topological polar surface area (TPSA) is 46.3 Å². The molecule has 0 bridgehead atoms. The molecular formula is C11H15BrN2OS.